The van der Waals surface area contributed by atoms with Crippen molar-refractivity contribution in [2.45, 2.75) is 17.7 Å². The summed E-state index contributed by atoms with van der Waals surface area (Å²) >= 11 is 1.41. The van der Waals surface area contributed by atoms with E-state index < -0.39 is 15.9 Å². The Morgan fingerprint density at radius 1 is 0.972 bits per heavy atom. The number of aryl methyl sites for hydroxylation is 2. The Kier molecular flexibility index (Phi) is 5.39. The van der Waals surface area contributed by atoms with E-state index in [0.29, 0.717) is 10.9 Å². The van der Waals surface area contributed by atoms with E-state index in [2.05, 4.69) is 34.3 Å². The molecule has 0 aliphatic heterocycles. The topological polar surface area (TPSA) is 97.4 Å². The number of fused-ring (bicyclic) bond motifs is 2. The van der Waals surface area contributed by atoms with Gasteiger partial charge in [0, 0.05) is 5.39 Å². The number of benzene rings is 4. The van der Waals surface area contributed by atoms with Crippen molar-refractivity contribution in [2.75, 3.05) is 17.1 Å². The van der Waals surface area contributed by atoms with Crippen molar-refractivity contribution >= 4 is 59.1 Å². The Morgan fingerprint density at radius 2 is 1.75 bits per heavy atom. The molecule has 36 heavy (non-hydrogen) atoms. The quantitative estimate of drug-likeness (QED) is 0.306. The Morgan fingerprint density at radius 3 is 2.56 bits per heavy atom. The first kappa shape index (κ1) is 22.5. The number of amides is 1. The van der Waals surface area contributed by atoms with E-state index in [1.54, 1.807) is 36.4 Å². The van der Waals surface area contributed by atoms with Gasteiger partial charge in [-0.1, -0.05) is 41.7 Å². The van der Waals surface area contributed by atoms with Crippen molar-refractivity contribution in [3.63, 3.8) is 0 Å². The number of thiazole rings is 1. The van der Waals surface area contributed by atoms with Crippen LogP contribution in [0.1, 0.15) is 21.5 Å². The smallest absolute Gasteiger partial charge is 0.261 e. The van der Waals surface area contributed by atoms with Crippen molar-refractivity contribution in [2.24, 2.45) is 0 Å². The minimum absolute atomic E-state index is 0.0631. The number of methoxy groups -OCH3 is 1. The predicted octanol–water partition coefficient (Wildman–Crippen LogP) is 5.61. The number of hydrogen-bond donors (Lipinski definition) is 2. The molecule has 1 aromatic heterocycles. The fourth-order valence-electron chi connectivity index (χ4n) is 4.65. The molecule has 4 aromatic carbocycles. The van der Waals surface area contributed by atoms with E-state index >= 15 is 0 Å². The monoisotopic (exact) mass is 515 g/mol. The molecule has 0 radical (unpaired) electrons. The van der Waals surface area contributed by atoms with E-state index in [1.165, 1.54) is 47.1 Å². The number of ether oxygens (including phenoxy) is 1. The zero-order valence-corrected chi connectivity index (χ0v) is 20.9. The van der Waals surface area contributed by atoms with E-state index in [9.17, 15) is 13.2 Å². The van der Waals surface area contributed by atoms with Gasteiger partial charge in [0.1, 0.15) is 5.75 Å². The molecule has 2 N–H and O–H groups in total. The molecule has 0 saturated carbocycles. The SMILES string of the molecule is COc1ccc(S(=O)(=O)Nc2ccccc2C(=O)Nc2nc3c(cc4c5c(cccc53)CC4)s2)cc1. The van der Waals surface area contributed by atoms with Gasteiger partial charge in [-0.05, 0) is 71.8 Å². The summed E-state index contributed by atoms with van der Waals surface area (Å²) in [6, 6.07) is 21.0. The number of hydrogen-bond acceptors (Lipinski definition) is 6. The fraction of sp³-hybridized carbons (Fsp3) is 0.111. The molecule has 180 valence electrons. The molecule has 0 saturated heterocycles. The molecule has 1 aliphatic carbocycles. The highest BCUT2D eigenvalue weighted by atomic mass is 32.2. The van der Waals surface area contributed by atoms with Gasteiger partial charge in [-0.15, -0.1) is 0 Å². The number of nitrogens with zero attached hydrogens (tertiary/aromatic N) is 1. The molecule has 0 bridgehead atoms. The van der Waals surface area contributed by atoms with Crippen LogP contribution in [0.4, 0.5) is 10.8 Å². The van der Waals surface area contributed by atoms with Crippen LogP contribution in [-0.4, -0.2) is 26.4 Å². The van der Waals surface area contributed by atoms with E-state index in [0.717, 1.165) is 28.4 Å². The third-order valence-corrected chi connectivity index (χ3v) is 8.65. The summed E-state index contributed by atoms with van der Waals surface area (Å²) in [6.07, 6.45) is 2.05. The van der Waals surface area contributed by atoms with E-state index in [1.807, 2.05) is 0 Å². The summed E-state index contributed by atoms with van der Waals surface area (Å²) in [6.45, 7) is 0. The molecule has 5 aromatic rings. The summed E-state index contributed by atoms with van der Waals surface area (Å²) in [7, 11) is -2.40. The summed E-state index contributed by atoms with van der Waals surface area (Å²) in [4.78, 5) is 18.0. The van der Waals surface area contributed by atoms with Crippen LogP contribution in [-0.2, 0) is 22.9 Å². The van der Waals surface area contributed by atoms with Crippen molar-refractivity contribution in [3.05, 3.63) is 89.5 Å². The average Bonchev–Trinajstić information content (AvgIpc) is 3.49. The number of carbonyl (C=O) groups is 1. The van der Waals surface area contributed by atoms with E-state index in [4.69, 9.17) is 9.72 Å². The highest BCUT2D eigenvalue weighted by molar-refractivity contribution is 7.92. The number of sulfonamides is 1. The first-order valence-electron chi connectivity index (χ1n) is 11.3. The van der Waals surface area contributed by atoms with Crippen molar-refractivity contribution in [1.82, 2.24) is 4.98 Å². The van der Waals surface area contributed by atoms with Crippen LogP contribution in [0.2, 0.25) is 0 Å². The Balaban J connectivity index is 1.30. The third-order valence-electron chi connectivity index (χ3n) is 6.36. The lowest BCUT2D eigenvalue weighted by Crippen LogP contribution is -2.18. The molecule has 0 atom stereocenters. The van der Waals surface area contributed by atoms with Crippen molar-refractivity contribution in [1.29, 1.82) is 0 Å². The highest BCUT2D eigenvalue weighted by Gasteiger charge is 2.21. The Bertz CT molecular complexity index is 1760. The van der Waals surface area contributed by atoms with Gasteiger partial charge in [0.05, 0.1) is 33.5 Å². The first-order valence-corrected chi connectivity index (χ1v) is 13.6. The van der Waals surface area contributed by atoms with Gasteiger partial charge in [-0.25, -0.2) is 13.4 Å². The largest absolute Gasteiger partial charge is 0.497 e. The highest BCUT2D eigenvalue weighted by Crippen LogP contribution is 2.39. The van der Waals surface area contributed by atoms with Gasteiger partial charge >= 0.3 is 0 Å². The fourth-order valence-corrected chi connectivity index (χ4v) is 6.67. The summed E-state index contributed by atoms with van der Waals surface area (Å²) in [5.74, 6) is 0.103. The molecule has 0 spiro atoms. The number of para-hydroxylation sites is 1. The zero-order valence-electron chi connectivity index (χ0n) is 19.2. The van der Waals surface area contributed by atoms with Crippen LogP contribution in [0.25, 0.3) is 21.0 Å². The Hall–Kier alpha value is -3.95. The third kappa shape index (κ3) is 3.86. The maximum atomic E-state index is 13.2. The van der Waals surface area contributed by atoms with Gasteiger partial charge in [0.25, 0.3) is 15.9 Å². The van der Waals surface area contributed by atoms with Gasteiger partial charge < -0.3 is 4.74 Å². The second kappa shape index (κ2) is 8.61. The zero-order chi connectivity index (χ0) is 24.9. The standard InChI is InChI=1S/C27H21N3O4S2/c1-34-18-11-13-19(14-12-18)36(32,33)30-22-8-3-2-6-20(22)26(31)29-27-28-25-21-7-4-5-16-9-10-17(24(16)21)15-23(25)35-27/h2-8,11-15,30H,9-10H2,1H3,(H,28,29,31). The van der Waals surface area contributed by atoms with Crippen LogP contribution in [0, 0.1) is 0 Å². The first-order chi connectivity index (χ1) is 17.4. The predicted molar refractivity (Wildman–Crippen MR) is 143 cm³/mol. The lowest BCUT2D eigenvalue weighted by Gasteiger charge is -2.12. The number of nitrogens with one attached hydrogen (secondary N) is 2. The molecule has 1 aliphatic rings. The number of rotatable bonds is 6. The maximum absolute atomic E-state index is 13.2. The molecule has 7 nitrogen and oxygen atoms in total. The van der Waals surface area contributed by atoms with E-state index in [-0.39, 0.29) is 16.1 Å². The Labute approximate surface area is 211 Å². The minimum Gasteiger partial charge on any atom is -0.497 e. The molecule has 1 heterocycles. The summed E-state index contributed by atoms with van der Waals surface area (Å²) < 4.78 is 34.5. The average molecular weight is 516 g/mol. The van der Waals surface area contributed by atoms with Crippen molar-refractivity contribution in [3.8, 4) is 5.75 Å². The molecule has 1 amide bonds. The summed E-state index contributed by atoms with van der Waals surface area (Å²) in [5.41, 5.74) is 3.89. The lowest BCUT2D eigenvalue weighted by molar-refractivity contribution is 0.102. The molecular formula is C27H21N3O4S2. The van der Waals surface area contributed by atoms with Crippen molar-refractivity contribution < 1.29 is 17.9 Å². The van der Waals surface area contributed by atoms with Crippen LogP contribution >= 0.6 is 11.3 Å². The van der Waals surface area contributed by atoms with Crippen LogP contribution in [0.15, 0.2) is 77.7 Å². The second-order valence-corrected chi connectivity index (χ2v) is 11.2. The summed E-state index contributed by atoms with van der Waals surface area (Å²) in [5, 5.41) is 5.70. The number of aromatic nitrogens is 1. The maximum Gasteiger partial charge on any atom is 0.261 e. The lowest BCUT2D eigenvalue weighted by atomic mass is 10.0. The van der Waals surface area contributed by atoms with Gasteiger partial charge in [-0.3, -0.25) is 14.8 Å². The molecule has 0 unspecified atom stereocenters. The van der Waals surface area contributed by atoms with Crippen LogP contribution < -0.4 is 14.8 Å². The van der Waals surface area contributed by atoms with Gasteiger partial charge in [-0.2, -0.15) is 0 Å². The van der Waals surface area contributed by atoms with Crippen LogP contribution in [0.3, 0.4) is 0 Å². The minimum atomic E-state index is -3.91. The second-order valence-electron chi connectivity index (χ2n) is 8.52. The van der Waals surface area contributed by atoms with Gasteiger partial charge in [0.15, 0.2) is 5.13 Å². The number of anilines is 2. The number of carbonyl (C=O) groups excluding carboxylic acids is 1. The van der Waals surface area contributed by atoms with Gasteiger partial charge in [0.2, 0.25) is 0 Å². The molecule has 0 fully saturated rings. The normalized spacial score (nSPS) is 12.7. The molecular weight excluding hydrogens is 494 g/mol. The molecule has 9 heteroatoms. The molecule has 6 rings (SSSR count). The van der Waals surface area contributed by atoms with Crippen LogP contribution in [0.5, 0.6) is 5.75 Å².